The highest BCUT2D eigenvalue weighted by atomic mass is 16.3. The van der Waals surface area contributed by atoms with Crippen LogP contribution in [0.1, 0.15) is 29.3 Å². The second kappa shape index (κ2) is 5.48. The smallest absolute Gasteiger partial charge is 0.259 e. The van der Waals surface area contributed by atoms with E-state index in [0.717, 1.165) is 24.2 Å². The van der Waals surface area contributed by atoms with Gasteiger partial charge in [0, 0.05) is 6.04 Å². The molecule has 0 bridgehead atoms. The van der Waals surface area contributed by atoms with Gasteiger partial charge < -0.3 is 15.7 Å². The molecule has 1 heterocycles. The van der Waals surface area contributed by atoms with Gasteiger partial charge in [-0.2, -0.15) is 0 Å². The number of fused-ring (bicyclic) bond motifs is 1. The zero-order valence-corrected chi connectivity index (χ0v) is 11.9. The predicted molar refractivity (Wildman–Crippen MR) is 83.9 cm³/mol. The number of nitrogens with one attached hydrogen (secondary N) is 2. The maximum absolute atomic E-state index is 12.3. The maximum atomic E-state index is 12.3. The summed E-state index contributed by atoms with van der Waals surface area (Å²) in [4.78, 5) is 12.3. The number of carbonyl (C=O) groups excluding carboxylic acids is 1. The summed E-state index contributed by atoms with van der Waals surface area (Å²) in [6.07, 6.45) is 2.09. The topological polar surface area (TPSA) is 61.4 Å². The SMILES string of the molecule is CC1CCc2cccc(NC(=O)c3ccccc3O)c2N1. The van der Waals surface area contributed by atoms with Crippen LogP contribution >= 0.6 is 0 Å². The Morgan fingerprint density at radius 3 is 2.86 bits per heavy atom. The fourth-order valence-electron chi connectivity index (χ4n) is 2.63. The summed E-state index contributed by atoms with van der Waals surface area (Å²) in [5.41, 5.74) is 3.23. The largest absolute Gasteiger partial charge is 0.507 e. The van der Waals surface area contributed by atoms with Crippen molar-refractivity contribution in [3.63, 3.8) is 0 Å². The number of hydrogen-bond donors (Lipinski definition) is 3. The van der Waals surface area contributed by atoms with E-state index in [-0.39, 0.29) is 17.2 Å². The van der Waals surface area contributed by atoms with Gasteiger partial charge in [0.25, 0.3) is 5.91 Å². The van der Waals surface area contributed by atoms with Gasteiger partial charge in [-0.25, -0.2) is 0 Å². The molecule has 108 valence electrons. The third-order valence-electron chi connectivity index (χ3n) is 3.79. The number of rotatable bonds is 2. The van der Waals surface area contributed by atoms with E-state index >= 15 is 0 Å². The first-order valence-corrected chi connectivity index (χ1v) is 7.13. The van der Waals surface area contributed by atoms with Gasteiger partial charge in [-0.15, -0.1) is 0 Å². The molecule has 0 spiro atoms. The van der Waals surface area contributed by atoms with Crippen LogP contribution in [-0.4, -0.2) is 17.1 Å². The first-order chi connectivity index (χ1) is 10.1. The van der Waals surface area contributed by atoms with Crippen LogP contribution < -0.4 is 10.6 Å². The van der Waals surface area contributed by atoms with E-state index in [1.54, 1.807) is 18.2 Å². The molecule has 0 fully saturated rings. The van der Waals surface area contributed by atoms with Gasteiger partial charge in [0.1, 0.15) is 5.75 Å². The van der Waals surface area contributed by atoms with E-state index in [0.29, 0.717) is 6.04 Å². The van der Waals surface area contributed by atoms with Crippen molar-refractivity contribution < 1.29 is 9.90 Å². The number of aromatic hydroxyl groups is 1. The minimum atomic E-state index is -0.304. The summed E-state index contributed by atoms with van der Waals surface area (Å²) in [5.74, 6) is -0.317. The van der Waals surface area contributed by atoms with Crippen LogP contribution in [0.4, 0.5) is 11.4 Å². The highest BCUT2D eigenvalue weighted by molar-refractivity contribution is 6.07. The van der Waals surface area contributed by atoms with E-state index in [1.165, 1.54) is 11.6 Å². The molecule has 1 aliphatic heterocycles. The van der Waals surface area contributed by atoms with E-state index in [9.17, 15) is 9.90 Å². The first kappa shape index (κ1) is 13.5. The molecule has 1 atom stereocenters. The van der Waals surface area contributed by atoms with Crippen molar-refractivity contribution in [1.82, 2.24) is 0 Å². The highest BCUT2D eigenvalue weighted by Gasteiger charge is 2.19. The van der Waals surface area contributed by atoms with Gasteiger partial charge >= 0.3 is 0 Å². The van der Waals surface area contributed by atoms with Gasteiger partial charge in [0.15, 0.2) is 0 Å². The highest BCUT2D eigenvalue weighted by Crippen LogP contribution is 2.32. The minimum absolute atomic E-state index is 0.0128. The average Bonchev–Trinajstić information content (AvgIpc) is 2.48. The summed E-state index contributed by atoms with van der Waals surface area (Å²) in [5, 5.41) is 16.1. The number of benzene rings is 2. The molecule has 2 aromatic carbocycles. The van der Waals surface area contributed by atoms with Crippen LogP contribution in [0.15, 0.2) is 42.5 Å². The number of phenols is 1. The van der Waals surface area contributed by atoms with Crippen LogP contribution in [0.2, 0.25) is 0 Å². The summed E-state index contributed by atoms with van der Waals surface area (Å²) in [7, 11) is 0. The lowest BCUT2D eigenvalue weighted by Crippen LogP contribution is -2.24. The number of phenolic OH excluding ortho intramolecular Hbond substituents is 1. The number of aryl methyl sites for hydroxylation is 1. The Morgan fingerprint density at radius 2 is 2.05 bits per heavy atom. The van der Waals surface area contributed by atoms with Crippen molar-refractivity contribution in [2.24, 2.45) is 0 Å². The quantitative estimate of drug-likeness (QED) is 0.791. The first-order valence-electron chi connectivity index (χ1n) is 7.13. The molecule has 1 unspecified atom stereocenters. The monoisotopic (exact) mass is 282 g/mol. The minimum Gasteiger partial charge on any atom is -0.507 e. The zero-order chi connectivity index (χ0) is 14.8. The number of hydrogen-bond acceptors (Lipinski definition) is 3. The van der Waals surface area contributed by atoms with Crippen molar-refractivity contribution in [1.29, 1.82) is 0 Å². The van der Waals surface area contributed by atoms with Crippen LogP contribution in [0.3, 0.4) is 0 Å². The molecule has 4 nitrogen and oxygen atoms in total. The number of anilines is 2. The number of carbonyl (C=O) groups is 1. The van der Waals surface area contributed by atoms with Gasteiger partial charge in [0.2, 0.25) is 0 Å². The Labute approximate surface area is 123 Å². The molecule has 4 heteroatoms. The second-order valence-electron chi connectivity index (χ2n) is 5.40. The molecular formula is C17H18N2O2. The van der Waals surface area contributed by atoms with Crippen molar-refractivity contribution in [2.45, 2.75) is 25.8 Å². The third kappa shape index (κ3) is 2.70. The van der Waals surface area contributed by atoms with Gasteiger partial charge in [-0.05, 0) is 43.5 Å². The van der Waals surface area contributed by atoms with Crippen LogP contribution in [0.5, 0.6) is 5.75 Å². The van der Waals surface area contributed by atoms with Crippen LogP contribution in [0, 0.1) is 0 Å². The van der Waals surface area contributed by atoms with Gasteiger partial charge in [0.05, 0.1) is 16.9 Å². The van der Waals surface area contributed by atoms with Crippen molar-refractivity contribution in [3.05, 3.63) is 53.6 Å². The summed E-state index contributed by atoms with van der Waals surface area (Å²) in [6, 6.07) is 12.8. The molecule has 0 aromatic heterocycles. The molecule has 1 amide bonds. The molecule has 3 rings (SSSR count). The fourth-order valence-corrected chi connectivity index (χ4v) is 2.63. The van der Waals surface area contributed by atoms with Crippen LogP contribution in [0.25, 0.3) is 0 Å². The molecule has 0 saturated heterocycles. The van der Waals surface area contributed by atoms with Gasteiger partial charge in [-0.3, -0.25) is 4.79 Å². The molecule has 0 radical (unpaired) electrons. The second-order valence-corrected chi connectivity index (χ2v) is 5.40. The fraction of sp³-hybridized carbons (Fsp3) is 0.235. The predicted octanol–water partition coefficient (Wildman–Crippen LogP) is 3.39. The molecule has 0 saturated carbocycles. The Hall–Kier alpha value is -2.49. The summed E-state index contributed by atoms with van der Waals surface area (Å²) < 4.78 is 0. The molecule has 3 N–H and O–H groups in total. The molecule has 21 heavy (non-hydrogen) atoms. The van der Waals surface area contributed by atoms with E-state index in [4.69, 9.17) is 0 Å². The summed E-state index contributed by atoms with van der Waals surface area (Å²) >= 11 is 0. The van der Waals surface area contributed by atoms with Gasteiger partial charge in [-0.1, -0.05) is 24.3 Å². The van der Waals surface area contributed by atoms with E-state index < -0.39 is 0 Å². The normalized spacial score (nSPS) is 16.7. The third-order valence-corrected chi connectivity index (χ3v) is 3.79. The van der Waals surface area contributed by atoms with Crippen molar-refractivity contribution >= 4 is 17.3 Å². The summed E-state index contributed by atoms with van der Waals surface area (Å²) in [6.45, 7) is 2.13. The zero-order valence-electron chi connectivity index (χ0n) is 11.9. The molecule has 1 aliphatic rings. The standard InChI is InChI=1S/C17H18N2O2/c1-11-9-10-12-5-4-7-14(16(12)18-11)19-17(21)13-6-2-3-8-15(13)20/h2-8,11,18,20H,9-10H2,1H3,(H,19,21). The Bertz CT molecular complexity index is 682. The van der Waals surface area contributed by atoms with Crippen molar-refractivity contribution in [3.8, 4) is 5.75 Å². The molecule has 2 aromatic rings. The Balaban J connectivity index is 1.89. The average molecular weight is 282 g/mol. The van der Waals surface area contributed by atoms with Crippen molar-refractivity contribution in [2.75, 3.05) is 10.6 Å². The molecular weight excluding hydrogens is 264 g/mol. The van der Waals surface area contributed by atoms with Crippen LogP contribution in [-0.2, 0) is 6.42 Å². The lowest BCUT2D eigenvalue weighted by atomic mass is 9.98. The Morgan fingerprint density at radius 1 is 1.24 bits per heavy atom. The number of amides is 1. The lowest BCUT2D eigenvalue weighted by molar-refractivity contribution is 0.102. The van der Waals surface area contributed by atoms with E-state index in [2.05, 4.69) is 23.6 Å². The Kier molecular flexibility index (Phi) is 3.52. The lowest BCUT2D eigenvalue weighted by Gasteiger charge is -2.26. The molecule has 0 aliphatic carbocycles. The maximum Gasteiger partial charge on any atom is 0.259 e. The number of para-hydroxylation sites is 2. The van der Waals surface area contributed by atoms with E-state index in [1.807, 2.05) is 12.1 Å².